The second-order valence-corrected chi connectivity index (χ2v) is 11.0. The third-order valence-corrected chi connectivity index (χ3v) is 8.15. The molecule has 0 radical (unpaired) electrons. The van der Waals surface area contributed by atoms with Crippen LogP contribution < -0.4 is 10.5 Å². The Kier molecular flexibility index (Phi) is 4.93. The number of hydrogen-bond donors (Lipinski definition) is 2. The lowest BCUT2D eigenvalue weighted by molar-refractivity contribution is -0.0769. The number of fused-ring (bicyclic) bond motifs is 9. The Morgan fingerprint density at radius 3 is 2.62 bits per heavy atom. The van der Waals surface area contributed by atoms with Crippen molar-refractivity contribution in [3.05, 3.63) is 71.2 Å². The van der Waals surface area contributed by atoms with E-state index in [1.54, 1.807) is 54.2 Å². The fourth-order valence-electron chi connectivity index (χ4n) is 6.61. The zero-order chi connectivity index (χ0) is 27.3. The van der Waals surface area contributed by atoms with Gasteiger partial charge in [-0.25, -0.2) is 19.5 Å². The van der Waals surface area contributed by atoms with Crippen LogP contribution in [0.5, 0.6) is 5.75 Å². The number of hydrogen-bond acceptors (Lipinski definition) is 8. The van der Waals surface area contributed by atoms with Crippen LogP contribution in [-0.2, 0) is 5.54 Å². The highest BCUT2D eigenvalue weighted by molar-refractivity contribution is 5.98. The van der Waals surface area contributed by atoms with E-state index in [1.807, 2.05) is 6.07 Å². The summed E-state index contributed by atoms with van der Waals surface area (Å²) in [5.74, 6) is -0.184. The summed E-state index contributed by atoms with van der Waals surface area (Å²) in [6, 6.07) is 6.22. The summed E-state index contributed by atoms with van der Waals surface area (Å²) >= 11 is 0. The Labute approximate surface area is 221 Å². The van der Waals surface area contributed by atoms with Crippen molar-refractivity contribution in [2.75, 3.05) is 7.05 Å². The van der Waals surface area contributed by atoms with Crippen LogP contribution in [0.25, 0.3) is 16.8 Å². The molecule has 3 aromatic heterocycles. The predicted octanol–water partition coefficient (Wildman–Crippen LogP) is 3.15. The van der Waals surface area contributed by atoms with Crippen molar-refractivity contribution < 1.29 is 23.4 Å². The molecule has 1 fully saturated rings. The maximum Gasteiger partial charge on any atom is 0.387 e. The minimum absolute atomic E-state index is 0.00828. The minimum atomic E-state index is -3.02. The third kappa shape index (κ3) is 3.54. The van der Waals surface area contributed by atoms with Gasteiger partial charge in [0.2, 0.25) is 0 Å². The average molecular weight is 534 g/mol. The number of carbonyl (C=O) groups excluding carboxylic acids is 1. The number of nitrogens with two attached hydrogens (primary N) is 1. The van der Waals surface area contributed by atoms with E-state index in [-0.39, 0.29) is 23.6 Å². The summed E-state index contributed by atoms with van der Waals surface area (Å²) < 4.78 is 33.2. The number of rotatable bonds is 4. The van der Waals surface area contributed by atoms with Gasteiger partial charge in [0.1, 0.15) is 17.9 Å². The maximum absolute atomic E-state index is 13.3. The predicted molar refractivity (Wildman–Crippen MR) is 134 cm³/mol. The van der Waals surface area contributed by atoms with Gasteiger partial charge in [-0.3, -0.25) is 4.79 Å². The fourth-order valence-corrected chi connectivity index (χ4v) is 6.61. The molecule has 1 saturated carbocycles. The van der Waals surface area contributed by atoms with E-state index >= 15 is 0 Å². The topological polar surface area (TPSA) is 132 Å². The van der Waals surface area contributed by atoms with Crippen molar-refractivity contribution in [3.63, 3.8) is 0 Å². The van der Waals surface area contributed by atoms with Gasteiger partial charge in [0.05, 0.1) is 34.1 Å². The number of carbonyl (C=O) groups is 1. The summed E-state index contributed by atoms with van der Waals surface area (Å²) in [5.41, 5.74) is 9.16. The molecular weight excluding hydrogens is 508 g/mol. The first kappa shape index (κ1) is 24.0. The Hall–Kier alpha value is -4.03. The second-order valence-electron chi connectivity index (χ2n) is 11.0. The van der Waals surface area contributed by atoms with Gasteiger partial charge in [-0.1, -0.05) is 6.07 Å². The molecule has 7 rings (SSSR count). The number of aliphatic hydroxyl groups is 1. The van der Waals surface area contributed by atoms with Gasteiger partial charge in [0.25, 0.3) is 5.91 Å². The maximum atomic E-state index is 13.3. The van der Waals surface area contributed by atoms with E-state index in [0.29, 0.717) is 53.2 Å². The van der Waals surface area contributed by atoms with Crippen LogP contribution in [0.3, 0.4) is 0 Å². The van der Waals surface area contributed by atoms with Crippen molar-refractivity contribution in [1.29, 1.82) is 0 Å². The molecule has 2 unspecified atom stereocenters. The van der Waals surface area contributed by atoms with E-state index in [1.165, 1.54) is 6.07 Å². The van der Waals surface area contributed by atoms with Gasteiger partial charge in [-0.2, -0.15) is 13.9 Å². The molecule has 3 aliphatic rings. The molecule has 1 aliphatic heterocycles. The Morgan fingerprint density at radius 1 is 1.18 bits per heavy atom. The average Bonchev–Trinajstić information content (AvgIpc) is 3.40. The number of ether oxygens (including phenoxy) is 1. The monoisotopic (exact) mass is 533 g/mol. The molecule has 200 valence electrons. The van der Waals surface area contributed by atoms with Crippen molar-refractivity contribution in [3.8, 4) is 17.0 Å². The molecule has 39 heavy (non-hydrogen) atoms. The van der Waals surface area contributed by atoms with Crippen LogP contribution >= 0.6 is 0 Å². The van der Waals surface area contributed by atoms with Crippen molar-refractivity contribution in [1.82, 2.24) is 29.5 Å². The van der Waals surface area contributed by atoms with Crippen LogP contribution in [-0.4, -0.2) is 59.7 Å². The summed E-state index contributed by atoms with van der Waals surface area (Å²) in [4.78, 5) is 28.4. The highest BCUT2D eigenvalue weighted by atomic mass is 19.3. The van der Waals surface area contributed by atoms with Crippen LogP contribution in [0.4, 0.5) is 8.78 Å². The molecule has 4 aromatic rings. The molecule has 1 aromatic carbocycles. The number of benzene rings is 1. The Morgan fingerprint density at radius 2 is 1.92 bits per heavy atom. The highest BCUT2D eigenvalue weighted by Crippen LogP contribution is 2.53. The standard InChI is InChI=1S/C27H25F2N7O3/c1-26(38)10-27(30,11-26)24-31-8-13(9-32-24)16-7-17-21-15-6-18(22(21)34-36(17)12-33-16)35(2)23(37)14-4-3-5-19(20(14)15)39-25(28)29/h3-5,7-9,12,15,18,25,38H,6,10-11,30H2,1-2H3. The molecule has 12 heteroatoms. The first-order valence-corrected chi connectivity index (χ1v) is 12.6. The Bertz CT molecular complexity index is 1650. The number of aromatic nitrogens is 5. The molecule has 3 N–H and O–H groups in total. The molecule has 2 aliphatic carbocycles. The van der Waals surface area contributed by atoms with E-state index in [4.69, 9.17) is 15.6 Å². The largest absolute Gasteiger partial charge is 0.434 e. The lowest BCUT2D eigenvalue weighted by Crippen LogP contribution is -2.59. The van der Waals surface area contributed by atoms with E-state index < -0.39 is 17.8 Å². The molecule has 1 amide bonds. The van der Waals surface area contributed by atoms with E-state index in [9.17, 15) is 18.7 Å². The zero-order valence-electron chi connectivity index (χ0n) is 21.2. The summed E-state index contributed by atoms with van der Waals surface area (Å²) in [5, 5.41) is 14.9. The Balaban J connectivity index is 1.33. The lowest BCUT2D eigenvalue weighted by Gasteiger charge is -2.48. The molecule has 0 saturated heterocycles. The molecule has 10 nitrogen and oxygen atoms in total. The normalized spacial score (nSPS) is 27.4. The van der Waals surface area contributed by atoms with Crippen molar-refractivity contribution in [2.24, 2.45) is 5.73 Å². The molecule has 4 heterocycles. The first-order valence-electron chi connectivity index (χ1n) is 12.6. The SMILES string of the molecule is CN1C(=O)c2cccc(OC(F)F)c2C2CC1c1nn3cnc(-c4cnc(C5(N)CC(C)(O)C5)nc4)cc3c12. The number of amides is 1. The zero-order valence-corrected chi connectivity index (χ0v) is 21.2. The van der Waals surface area contributed by atoms with E-state index in [0.717, 1.165) is 11.1 Å². The van der Waals surface area contributed by atoms with Gasteiger partial charge < -0.3 is 20.5 Å². The van der Waals surface area contributed by atoms with Crippen LogP contribution in [0.15, 0.2) is 43.0 Å². The van der Waals surface area contributed by atoms with Gasteiger partial charge in [-0.15, -0.1) is 0 Å². The number of halogens is 2. The van der Waals surface area contributed by atoms with Gasteiger partial charge in [0, 0.05) is 60.5 Å². The van der Waals surface area contributed by atoms with Gasteiger partial charge >= 0.3 is 6.61 Å². The van der Waals surface area contributed by atoms with Crippen molar-refractivity contribution in [2.45, 2.75) is 55.9 Å². The van der Waals surface area contributed by atoms with E-state index in [2.05, 4.69) is 15.0 Å². The second kappa shape index (κ2) is 7.99. The lowest BCUT2D eigenvalue weighted by atomic mass is 9.66. The molecule has 0 spiro atoms. The van der Waals surface area contributed by atoms with Crippen molar-refractivity contribution >= 4 is 11.4 Å². The first-order chi connectivity index (χ1) is 18.5. The number of alkyl halides is 2. The summed E-state index contributed by atoms with van der Waals surface area (Å²) in [7, 11) is 1.70. The highest BCUT2D eigenvalue weighted by Gasteiger charge is 2.51. The smallest absolute Gasteiger partial charge is 0.387 e. The summed E-state index contributed by atoms with van der Waals surface area (Å²) in [6.45, 7) is -1.29. The minimum Gasteiger partial charge on any atom is -0.434 e. The summed E-state index contributed by atoms with van der Waals surface area (Å²) in [6.07, 6.45) is 6.15. The molecular formula is C27H25F2N7O3. The van der Waals surface area contributed by atoms with Gasteiger partial charge in [-0.05, 0) is 31.5 Å². The van der Waals surface area contributed by atoms with Crippen LogP contribution in [0.1, 0.15) is 71.1 Å². The van der Waals surface area contributed by atoms with Crippen LogP contribution in [0.2, 0.25) is 0 Å². The number of nitrogens with zero attached hydrogens (tertiary/aromatic N) is 6. The third-order valence-electron chi connectivity index (χ3n) is 8.15. The molecule has 2 atom stereocenters. The molecule has 2 bridgehead atoms. The fraction of sp³-hybridized carbons (Fsp3) is 0.370. The van der Waals surface area contributed by atoms with Crippen LogP contribution in [0, 0.1) is 0 Å². The quantitative estimate of drug-likeness (QED) is 0.409. The van der Waals surface area contributed by atoms with Gasteiger partial charge in [0.15, 0.2) is 0 Å².